The van der Waals surface area contributed by atoms with Gasteiger partial charge in [0.2, 0.25) is 11.8 Å². The van der Waals surface area contributed by atoms with Gasteiger partial charge in [-0.25, -0.2) is 0 Å². The zero-order valence-corrected chi connectivity index (χ0v) is 17.2. The van der Waals surface area contributed by atoms with E-state index in [-0.39, 0.29) is 24.5 Å². The molecule has 2 fully saturated rings. The van der Waals surface area contributed by atoms with Gasteiger partial charge in [-0.1, -0.05) is 35.5 Å². The predicted octanol–water partition coefficient (Wildman–Crippen LogP) is 2.69. The Balaban J connectivity index is 1.19. The Labute approximate surface area is 176 Å². The second kappa shape index (κ2) is 10.7. The van der Waals surface area contributed by atoms with Crippen molar-refractivity contribution in [2.75, 3.05) is 32.9 Å². The van der Waals surface area contributed by atoms with Gasteiger partial charge in [0.05, 0.1) is 12.7 Å². The maximum Gasteiger partial charge on any atom is 0.248 e. The number of ether oxygens (including phenoxy) is 3. The van der Waals surface area contributed by atoms with Crippen molar-refractivity contribution in [3.05, 3.63) is 47.6 Å². The highest BCUT2D eigenvalue weighted by Gasteiger charge is 2.26. The van der Waals surface area contributed by atoms with E-state index in [0.29, 0.717) is 31.5 Å². The van der Waals surface area contributed by atoms with E-state index in [4.69, 9.17) is 18.7 Å². The van der Waals surface area contributed by atoms with E-state index in [0.717, 1.165) is 51.0 Å². The van der Waals surface area contributed by atoms with E-state index in [1.54, 1.807) is 0 Å². The summed E-state index contributed by atoms with van der Waals surface area (Å²) in [7, 11) is 0. The molecule has 1 amide bonds. The van der Waals surface area contributed by atoms with Crippen LogP contribution in [0.15, 0.2) is 34.9 Å². The number of benzene rings is 1. The van der Waals surface area contributed by atoms with Crippen LogP contribution in [0.2, 0.25) is 0 Å². The van der Waals surface area contributed by atoms with Crippen molar-refractivity contribution in [2.24, 2.45) is 0 Å². The molecule has 0 radical (unpaired) electrons. The van der Waals surface area contributed by atoms with Gasteiger partial charge in [0, 0.05) is 32.2 Å². The third-order valence-corrected chi connectivity index (χ3v) is 5.57. The topological polar surface area (TPSA) is 86.9 Å². The Kier molecular flexibility index (Phi) is 7.44. The van der Waals surface area contributed by atoms with E-state index < -0.39 is 0 Å². The smallest absolute Gasteiger partial charge is 0.248 e. The summed E-state index contributed by atoms with van der Waals surface area (Å²) in [6.07, 6.45) is 3.62. The largest absolute Gasteiger partial charge is 0.381 e. The fourth-order valence-electron chi connectivity index (χ4n) is 3.85. The molecule has 1 atom stereocenters. The minimum Gasteiger partial charge on any atom is -0.381 e. The molecule has 1 unspecified atom stereocenters. The Morgan fingerprint density at radius 3 is 2.80 bits per heavy atom. The highest BCUT2D eigenvalue weighted by atomic mass is 16.5. The third kappa shape index (κ3) is 5.87. The van der Waals surface area contributed by atoms with Gasteiger partial charge in [0.15, 0.2) is 5.82 Å². The molecule has 2 aromatic rings. The molecular formula is C22H29N3O5. The number of aromatic nitrogens is 2. The lowest BCUT2D eigenvalue weighted by atomic mass is 10.0. The molecule has 30 heavy (non-hydrogen) atoms. The summed E-state index contributed by atoms with van der Waals surface area (Å²) >= 11 is 0. The number of rotatable bonds is 8. The van der Waals surface area contributed by atoms with E-state index in [1.807, 2.05) is 35.2 Å². The van der Waals surface area contributed by atoms with E-state index >= 15 is 0 Å². The van der Waals surface area contributed by atoms with Crippen molar-refractivity contribution in [3.8, 4) is 0 Å². The summed E-state index contributed by atoms with van der Waals surface area (Å²) in [4.78, 5) is 18.8. The molecule has 0 N–H and O–H groups in total. The summed E-state index contributed by atoms with van der Waals surface area (Å²) in [6.45, 7) is 3.60. The second-order valence-corrected chi connectivity index (χ2v) is 7.83. The minimum atomic E-state index is -0.0261. The van der Waals surface area contributed by atoms with E-state index in [1.165, 1.54) is 0 Å². The second-order valence-electron chi connectivity index (χ2n) is 7.83. The highest BCUT2D eigenvalue weighted by Crippen LogP contribution is 2.25. The minimum absolute atomic E-state index is 0.000552. The van der Waals surface area contributed by atoms with Gasteiger partial charge >= 0.3 is 0 Å². The molecule has 2 aliphatic heterocycles. The fourth-order valence-corrected chi connectivity index (χ4v) is 3.85. The Hall–Kier alpha value is -2.29. The van der Waals surface area contributed by atoms with Crippen molar-refractivity contribution >= 4 is 5.91 Å². The highest BCUT2D eigenvalue weighted by molar-refractivity contribution is 5.77. The van der Waals surface area contributed by atoms with Crippen LogP contribution in [-0.2, 0) is 32.2 Å². The van der Waals surface area contributed by atoms with Crippen LogP contribution in [0.4, 0.5) is 0 Å². The van der Waals surface area contributed by atoms with Crippen molar-refractivity contribution < 1.29 is 23.5 Å². The van der Waals surface area contributed by atoms with Gasteiger partial charge in [-0.05, 0) is 31.2 Å². The Bertz CT molecular complexity index is 791. The maximum absolute atomic E-state index is 12.5. The lowest BCUT2D eigenvalue weighted by Crippen LogP contribution is -2.44. The molecule has 2 saturated heterocycles. The molecule has 0 saturated carbocycles. The van der Waals surface area contributed by atoms with E-state index in [2.05, 4.69) is 10.1 Å². The van der Waals surface area contributed by atoms with Crippen LogP contribution in [0.5, 0.6) is 0 Å². The summed E-state index contributed by atoms with van der Waals surface area (Å²) in [5.41, 5.74) is 1.06. The summed E-state index contributed by atoms with van der Waals surface area (Å²) in [5, 5.41) is 4.05. The standard InChI is InChI=1S/C22H29N3O5/c26-21(16-28-14-17-5-2-1-3-6-17)25-10-4-7-19(13-25)29-15-20-23-22(30-24-20)18-8-11-27-12-9-18/h1-3,5-6,18-19H,4,7-16H2. The average molecular weight is 415 g/mol. The molecular weight excluding hydrogens is 386 g/mol. The quantitative estimate of drug-likeness (QED) is 0.655. The van der Waals surface area contributed by atoms with Crippen LogP contribution < -0.4 is 0 Å². The van der Waals surface area contributed by atoms with Gasteiger partial charge in [-0.2, -0.15) is 4.98 Å². The molecule has 1 aromatic carbocycles. The van der Waals surface area contributed by atoms with Crippen molar-refractivity contribution in [2.45, 2.75) is 50.9 Å². The molecule has 1 aromatic heterocycles. The summed E-state index contributed by atoms with van der Waals surface area (Å²) in [5.74, 6) is 1.51. The SMILES string of the molecule is O=C(COCc1ccccc1)N1CCCC(OCc2noc(C3CCOCC3)n2)C1. The van der Waals surface area contributed by atoms with Gasteiger partial charge in [0.25, 0.3) is 0 Å². The summed E-state index contributed by atoms with van der Waals surface area (Å²) in [6, 6.07) is 9.86. The van der Waals surface area contributed by atoms with Crippen LogP contribution in [-0.4, -0.2) is 60.0 Å². The number of nitrogens with zero attached hydrogens (tertiary/aromatic N) is 3. The first kappa shape index (κ1) is 21.0. The molecule has 4 rings (SSSR count). The molecule has 0 aliphatic carbocycles. The first-order valence-electron chi connectivity index (χ1n) is 10.7. The number of likely N-dealkylation sites (tertiary alicyclic amines) is 1. The first-order chi connectivity index (χ1) is 14.8. The van der Waals surface area contributed by atoms with Crippen LogP contribution in [0.3, 0.4) is 0 Å². The summed E-state index contributed by atoms with van der Waals surface area (Å²) < 4.78 is 22.3. The van der Waals surface area contributed by atoms with E-state index in [9.17, 15) is 4.79 Å². The van der Waals surface area contributed by atoms with Gasteiger partial charge < -0.3 is 23.6 Å². The molecule has 162 valence electrons. The van der Waals surface area contributed by atoms with Crippen molar-refractivity contribution in [3.63, 3.8) is 0 Å². The Morgan fingerprint density at radius 2 is 1.97 bits per heavy atom. The van der Waals surface area contributed by atoms with Crippen molar-refractivity contribution in [1.82, 2.24) is 15.0 Å². The zero-order chi connectivity index (χ0) is 20.6. The van der Waals surface area contributed by atoms with Crippen LogP contribution >= 0.6 is 0 Å². The zero-order valence-electron chi connectivity index (χ0n) is 17.2. The number of hydrogen-bond donors (Lipinski definition) is 0. The van der Waals surface area contributed by atoms with Gasteiger partial charge in [-0.3, -0.25) is 4.79 Å². The number of hydrogen-bond acceptors (Lipinski definition) is 7. The Morgan fingerprint density at radius 1 is 1.13 bits per heavy atom. The molecule has 8 heteroatoms. The molecule has 3 heterocycles. The first-order valence-corrected chi connectivity index (χ1v) is 10.7. The number of carbonyl (C=O) groups is 1. The van der Waals surface area contributed by atoms with Crippen LogP contribution in [0.25, 0.3) is 0 Å². The number of amides is 1. The van der Waals surface area contributed by atoms with Crippen molar-refractivity contribution in [1.29, 1.82) is 0 Å². The number of piperidine rings is 1. The van der Waals surface area contributed by atoms with Crippen LogP contribution in [0, 0.1) is 0 Å². The molecule has 0 bridgehead atoms. The van der Waals surface area contributed by atoms with Crippen LogP contribution in [0.1, 0.15) is 48.9 Å². The normalized spacial score (nSPS) is 20.4. The van der Waals surface area contributed by atoms with Gasteiger partial charge in [-0.15, -0.1) is 0 Å². The predicted molar refractivity (Wildman–Crippen MR) is 108 cm³/mol. The average Bonchev–Trinajstić information content (AvgIpc) is 3.28. The lowest BCUT2D eigenvalue weighted by Gasteiger charge is -2.32. The van der Waals surface area contributed by atoms with Gasteiger partial charge in [0.1, 0.15) is 13.2 Å². The lowest BCUT2D eigenvalue weighted by molar-refractivity contribution is -0.141. The third-order valence-electron chi connectivity index (χ3n) is 5.57. The maximum atomic E-state index is 12.5. The number of carbonyl (C=O) groups excluding carboxylic acids is 1. The molecule has 8 nitrogen and oxygen atoms in total. The molecule has 0 spiro atoms. The molecule has 2 aliphatic rings. The monoisotopic (exact) mass is 415 g/mol. The fraction of sp³-hybridized carbons (Fsp3) is 0.591.